The molecule has 2 amide bonds. The number of hydrogen-bond acceptors (Lipinski definition) is 4. The molecule has 0 aliphatic rings. The monoisotopic (exact) mass is 597 g/mol. The van der Waals surface area contributed by atoms with Crippen LogP contribution >= 0.6 is 11.6 Å². The Balaban J connectivity index is 1.89. The average molecular weight is 598 g/mol. The van der Waals surface area contributed by atoms with E-state index in [4.69, 9.17) is 11.6 Å². The van der Waals surface area contributed by atoms with Crippen LogP contribution in [0.4, 0.5) is 5.69 Å². The number of carbonyl (C=O) groups is 2. The lowest BCUT2D eigenvalue weighted by molar-refractivity contribution is -0.141. The Labute approximate surface area is 249 Å². The summed E-state index contributed by atoms with van der Waals surface area (Å²) in [6, 6.07) is 21.9. The van der Waals surface area contributed by atoms with Gasteiger partial charge >= 0.3 is 0 Å². The molecule has 1 N–H and O–H groups in total. The summed E-state index contributed by atoms with van der Waals surface area (Å²) < 4.78 is 26.7. The summed E-state index contributed by atoms with van der Waals surface area (Å²) in [7, 11) is -3.62. The van der Waals surface area contributed by atoms with Gasteiger partial charge in [-0.15, -0.1) is 0 Å². The molecular formula is C32H40ClN3O4S. The maximum absolute atomic E-state index is 13.9. The van der Waals surface area contributed by atoms with Crippen LogP contribution in [0.3, 0.4) is 0 Å². The van der Waals surface area contributed by atoms with Gasteiger partial charge in [0.25, 0.3) is 0 Å². The number of anilines is 1. The Morgan fingerprint density at radius 1 is 0.951 bits per heavy atom. The summed E-state index contributed by atoms with van der Waals surface area (Å²) in [6.45, 7) is 6.63. The smallest absolute Gasteiger partial charge is 0.243 e. The van der Waals surface area contributed by atoms with E-state index in [0.29, 0.717) is 29.2 Å². The number of aryl methyl sites for hydroxylation is 1. The first-order valence-corrected chi connectivity index (χ1v) is 16.1. The van der Waals surface area contributed by atoms with Crippen LogP contribution < -0.4 is 9.62 Å². The first-order valence-electron chi connectivity index (χ1n) is 13.9. The molecule has 7 nitrogen and oxygen atoms in total. The van der Waals surface area contributed by atoms with Gasteiger partial charge in [-0.3, -0.25) is 13.9 Å². The molecule has 0 fully saturated rings. The number of nitrogens with zero attached hydrogens (tertiary/aromatic N) is 2. The summed E-state index contributed by atoms with van der Waals surface area (Å²) in [5.74, 6) is -0.417. The highest BCUT2D eigenvalue weighted by Crippen LogP contribution is 2.28. The van der Waals surface area contributed by atoms with E-state index in [0.717, 1.165) is 29.4 Å². The van der Waals surface area contributed by atoms with Crippen molar-refractivity contribution in [2.45, 2.75) is 59.0 Å². The number of hydrogen-bond donors (Lipinski definition) is 1. The summed E-state index contributed by atoms with van der Waals surface area (Å²) in [5, 5.41) is 3.45. The third-order valence-electron chi connectivity index (χ3n) is 6.92. The molecule has 0 radical (unpaired) electrons. The molecule has 0 saturated carbocycles. The molecule has 220 valence electrons. The lowest BCUT2D eigenvalue weighted by Gasteiger charge is -2.32. The second-order valence-corrected chi connectivity index (χ2v) is 12.6. The summed E-state index contributed by atoms with van der Waals surface area (Å²) in [5.41, 5.74) is 4.08. The van der Waals surface area contributed by atoms with Crippen molar-refractivity contribution in [3.05, 3.63) is 100 Å². The van der Waals surface area contributed by atoms with Crippen molar-refractivity contribution in [1.29, 1.82) is 0 Å². The van der Waals surface area contributed by atoms with Gasteiger partial charge in [-0.1, -0.05) is 84.8 Å². The minimum Gasteiger partial charge on any atom is -0.354 e. The molecule has 0 aliphatic heterocycles. The Morgan fingerprint density at radius 3 is 2.29 bits per heavy atom. The number of amides is 2. The van der Waals surface area contributed by atoms with Crippen LogP contribution in [0.25, 0.3) is 0 Å². The summed E-state index contributed by atoms with van der Waals surface area (Å²) in [4.78, 5) is 29.0. The highest BCUT2D eigenvalue weighted by molar-refractivity contribution is 7.92. The first-order chi connectivity index (χ1) is 19.5. The van der Waals surface area contributed by atoms with Crippen molar-refractivity contribution in [2.75, 3.05) is 23.7 Å². The van der Waals surface area contributed by atoms with Gasteiger partial charge in [0.2, 0.25) is 21.8 Å². The van der Waals surface area contributed by atoms with Gasteiger partial charge in [0.15, 0.2) is 0 Å². The zero-order valence-corrected chi connectivity index (χ0v) is 25.8. The van der Waals surface area contributed by atoms with Gasteiger partial charge in [-0.2, -0.15) is 0 Å². The molecule has 3 aromatic rings. The fourth-order valence-electron chi connectivity index (χ4n) is 4.78. The predicted molar refractivity (Wildman–Crippen MR) is 167 cm³/mol. The van der Waals surface area contributed by atoms with Crippen molar-refractivity contribution >= 4 is 39.1 Å². The van der Waals surface area contributed by atoms with Crippen LogP contribution in [0.15, 0.2) is 72.8 Å². The molecule has 3 aromatic carbocycles. The van der Waals surface area contributed by atoms with Gasteiger partial charge in [0.05, 0.1) is 11.9 Å². The Bertz CT molecular complexity index is 1430. The third-order valence-corrected chi connectivity index (χ3v) is 8.51. The Morgan fingerprint density at radius 2 is 1.63 bits per heavy atom. The van der Waals surface area contributed by atoms with E-state index in [9.17, 15) is 18.0 Å². The van der Waals surface area contributed by atoms with Crippen LogP contribution in [0.5, 0.6) is 0 Å². The van der Waals surface area contributed by atoms with Gasteiger partial charge in [-0.05, 0) is 55.5 Å². The molecule has 1 atom stereocenters. The minimum absolute atomic E-state index is 0.0732. The van der Waals surface area contributed by atoms with Crippen molar-refractivity contribution in [1.82, 2.24) is 10.2 Å². The number of halogens is 1. The third kappa shape index (κ3) is 9.33. The Hall–Kier alpha value is -3.36. The van der Waals surface area contributed by atoms with Crippen LogP contribution in [0.2, 0.25) is 5.02 Å². The maximum Gasteiger partial charge on any atom is 0.243 e. The Kier molecular flexibility index (Phi) is 11.8. The average Bonchev–Trinajstić information content (AvgIpc) is 2.93. The lowest BCUT2D eigenvalue weighted by atomic mass is 10.0. The van der Waals surface area contributed by atoms with Crippen molar-refractivity contribution < 1.29 is 18.0 Å². The highest BCUT2D eigenvalue weighted by Gasteiger charge is 2.30. The van der Waals surface area contributed by atoms with E-state index >= 15 is 0 Å². The van der Waals surface area contributed by atoms with Gasteiger partial charge in [0, 0.05) is 37.5 Å². The summed E-state index contributed by atoms with van der Waals surface area (Å²) in [6.07, 6.45) is 2.64. The van der Waals surface area contributed by atoms with Crippen molar-refractivity contribution in [3.8, 4) is 0 Å². The van der Waals surface area contributed by atoms with Gasteiger partial charge in [0.1, 0.15) is 6.04 Å². The molecule has 0 saturated heterocycles. The number of nitrogens with one attached hydrogen (secondary N) is 1. The van der Waals surface area contributed by atoms with E-state index in [-0.39, 0.29) is 37.7 Å². The quantitative estimate of drug-likeness (QED) is 0.259. The SMILES string of the molecule is CCCNC(=O)[C@@H](Cc1ccccc1)N(Cc1cccc(C)c1)C(=O)CCCN(c1cccc(Cl)c1C)S(C)(=O)=O. The second-order valence-electron chi connectivity index (χ2n) is 10.3. The van der Waals surface area contributed by atoms with Crippen LogP contribution in [0.1, 0.15) is 48.4 Å². The molecule has 0 aliphatic carbocycles. The van der Waals surface area contributed by atoms with Crippen LogP contribution in [-0.2, 0) is 32.6 Å². The number of sulfonamides is 1. The molecule has 0 spiro atoms. The largest absolute Gasteiger partial charge is 0.354 e. The normalized spacial score (nSPS) is 12.0. The van der Waals surface area contributed by atoms with E-state index in [1.807, 2.05) is 68.4 Å². The summed E-state index contributed by atoms with van der Waals surface area (Å²) >= 11 is 6.27. The predicted octanol–water partition coefficient (Wildman–Crippen LogP) is 5.67. The number of rotatable bonds is 14. The molecular weight excluding hydrogens is 558 g/mol. The van der Waals surface area contributed by atoms with E-state index in [1.165, 1.54) is 4.31 Å². The molecule has 0 heterocycles. The fraction of sp³-hybridized carbons (Fsp3) is 0.375. The zero-order chi connectivity index (χ0) is 30.0. The highest BCUT2D eigenvalue weighted by atomic mass is 35.5. The number of benzene rings is 3. The number of carbonyl (C=O) groups excluding carboxylic acids is 2. The minimum atomic E-state index is -3.62. The maximum atomic E-state index is 13.9. The first kappa shape index (κ1) is 32.2. The van der Waals surface area contributed by atoms with Gasteiger partial charge in [-0.25, -0.2) is 8.42 Å². The molecule has 41 heavy (non-hydrogen) atoms. The van der Waals surface area contributed by atoms with Gasteiger partial charge < -0.3 is 10.2 Å². The second kappa shape index (κ2) is 15.0. The fourth-order valence-corrected chi connectivity index (χ4v) is 5.96. The van der Waals surface area contributed by atoms with Crippen molar-refractivity contribution in [2.24, 2.45) is 0 Å². The topological polar surface area (TPSA) is 86.8 Å². The van der Waals surface area contributed by atoms with Crippen LogP contribution in [0, 0.1) is 13.8 Å². The van der Waals surface area contributed by atoms with E-state index in [1.54, 1.807) is 30.0 Å². The standard InChI is InChI=1S/C32H40ClN3O4S/c1-5-19-34-32(38)30(22-26-13-7-6-8-14-26)35(23-27-15-9-12-24(2)21-27)31(37)18-11-20-36(41(4,39)40)29-17-10-16-28(33)25(29)3/h6-10,12-17,21,30H,5,11,18-20,22-23H2,1-4H3,(H,34,38)/t30-/m1/s1. The molecule has 3 rings (SSSR count). The molecule has 9 heteroatoms. The van der Waals surface area contributed by atoms with Crippen LogP contribution in [-0.4, -0.2) is 50.5 Å². The molecule has 0 bridgehead atoms. The van der Waals surface area contributed by atoms with Crippen molar-refractivity contribution in [3.63, 3.8) is 0 Å². The molecule has 0 aromatic heterocycles. The van der Waals surface area contributed by atoms with E-state index in [2.05, 4.69) is 5.32 Å². The zero-order valence-electron chi connectivity index (χ0n) is 24.3. The van der Waals surface area contributed by atoms with E-state index < -0.39 is 16.1 Å². The lowest BCUT2D eigenvalue weighted by Crippen LogP contribution is -2.50. The molecule has 0 unspecified atom stereocenters.